The largest absolute Gasteiger partial charge is 0.480 e. The monoisotopic (exact) mass is 269 g/mol. The van der Waals surface area contributed by atoms with Crippen LogP contribution in [0, 0.1) is 11.3 Å². The van der Waals surface area contributed by atoms with Crippen molar-refractivity contribution in [2.24, 2.45) is 11.3 Å². The molecular formula is C14H23NO4. The molecule has 1 saturated heterocycles. The smallest absolute Gasteiger partial charge is 0.410 e. The van der Waals surface area contributed by atoms with Gasteiger partial charge in [-0.1, -0.05) is 33.4 Å². The van der Waals surface area contributed by atoms with E-state index in [9.17, 15) is 14.7 Å². The number of rotatable bonds is 3. The third-order valence-corrected chi connectivity index (χ3v) is 3.65. The second-order valence-electron chi connectivity index (χ2n) is 6.01. The summed E-state index contributed by atoms with van der Waals surface area (Å²) < 4.78 is 4.98. The Kier molecular flexibility index (Phi) is 4.97. The number of likely N-dealkylation sites (tertiary alicyclic amines) is 1. The predicted molar refractivity (Wildman–Crippen MR) is 71.9 cm³/mol. The number of carboxylic acid groups (broad SMARTS) is 1. The number of amides is 1. The lowest BCUT2D eigenvalue weighted by molar-refractivity contribution is -0.145. The minimum Gasteiger partial charge on any atom is -0.480 e. The second kappa shape index (κ2) is 6.08. The first kappa shape index (κ1) is 15.5. The standard InChI is InChI=1S/C14H23NO4/c1-5-8-19-13(18)15-9-10(14(2,3)4)6-7-11(15)12(16)17/h5,10-11H,1,6-9H2,2-4H3,(H,16,17). The summed E-state index contributed by atoms with van der Waals surface area (Å²) in [5.41, 5.74) is 0.0421. The van der Waals surface area contributed by atoms with Gasteiger partial charge in [0.25, 0.3) is 0 Å². The van der Waals surface area contributed by atoms with Crippen LogP contribution in [-0.2, 0) is 9.53 Å². The van der Waals surface area contributed by atoms with Gasteiger partial charge >= 0.3 is 12.1 Å². The molecule has 0 aliphatic carbocycles. The fourth-order valence-electron chi connectivity index (χ4n) is 2.35. The van der Waals surface area contributed by atoms with E-state index >= 15 is 0 Å². The van der Waals surface area contributed by atoms with Crippen LogP contribution >= 0.6 is 0 Å². The van der Waals surface area contributed by atoms with Gasteiger partial charge in [-0.15, -0.1) is 0 Å². The van der Waals surface area contributed by atoms with Gasteiger partial charge in [0.2, 0.25) is 0 Å². The number of piperidine rings is 1. The van der Waals surface area contributed by atoms with Crippen LogP contribution in [0.25, 0.3) is 0 Å². The van der Waals surface area contributed by atoms with Crippen molar-refractivity contribution in [3.8, 4) is 0 Å². The fraction of sp³-hybridized carbons (Fsp3) is 0.714. The maximum atomic E-state index is 11.9. The fourth-order valence-corrected chi connectivity index (χ4v) is 2.35. The van der Waals surface area contributed by atoms with Crippen LogP contribution in [0.4, 0.5) is 4.79 Å². The Morgan fingerprint density at radius 1 is 1.42 bits per heavy atom. The Bertz CT molecular complexity index is 359. The summed E-state index contributed by atoms with van der Waals surface area (Å²) >= 11 is 0. The van der Waals surface area contributed by atoms with E-state index in [0.29, 0.717) is 13.0 Å². The third kappa shape index (κ3) is 3.98. The topological polar surface area (TPSA) is 66.8 Å². The number of ether oxygens (including phenoxy) is 1. The zero-order chi connectivity index (χ0) is 14.6. The summed E-state index contributed by atoms with van der Waals surface area (Å²) in [7, 11) is 0. The van der Waals surface area contributed by atoms with Crippen LogP contribution in [0.15, 0.2) is 12.7 Å². The van der Waals surface area contributed by atoms with Gasteiger partial charge in [0.05, 0.1) is 0 Å². The van der Waals surface area contributed by atoms with Gasteiger partial charge < -0.3 is 9.84 Å². The molecule has 19 heavy (non-hydrogen) atoms. The number of aliphatic carboxylic acids is 1. The third-order valence-electron chi connectivity index (χ3n) is 3.65. The SMILES string of the molecule is C=CCOC(=O)N1CC(C(C)(C)C)CCC1C(=O)O. The summed E-state index contributed by atoms with van der Waals surface area (Å²) in [6.45, 7) is 10.3. The first-order chi connectivity index (χ1) is 8.77. The molecule has 2 unspecified atom stereocenters. The van der Waals surface area contributed by atoms with Crippen LogP contribution < -0.4 is 0 Å². The maximum Gasteiger partial charge on any atom is 0.410 e. The molecular weight excluding hydrogens is 246 g/mol. The van der Waals surface area contributed by atoms with Crippen LogP contribution in [0.2, 0.25) is 0 Å². The molecule has 2 atom stereocenters. The molecule has 0 aromatic heterocycles. The highest BCUT2D eigenvalue weighted by molar-refractivity contribution is 5.80. The van der Waals surface area contributed by atoms with Crippen molar-refractivity contribution in [2.75, 3.05) is 13.2 Å². The van der Waals surface area contributed by atoms with E-state index in [0.717, 1.165) is 6.42 Å². The molecule has 1 aliphatic rings. The summed E-state index contributed by atoms with van der Waals surface area (Å²) in [6.07, 6.45) is 2.19. The Morgan fingerprint density at radius 3 is 2.53 bits per heavy atom. The van der Waals surface area contributed by atoms with E-state index in [-0.39, 0.29) is 17.9 Å². The average molecular weight is 269 g/mol. The minimum absolute atomic E-state index is 0.0421. The molecule has 0 spiro atoms. The molecule has 0 saturated carbocycles. The lowest BCUT2D eigenvalue weighted by atomic mass is 9.75. The first-order valence-corrected chi connectivity index (χ1v) is 6.54. The summed E-state index contributed by atoms with van der Waals surface area (Å²) in [4.78, 5) is 24.5. The Morgan fingerprint density at radius 2 is 2.05 bits per heavy atom. The Labute approximate surface area is 114 Å². The Balaban J connectivity index is 2.81. The van der Waals surface area contributed by atoms with Gasteiger partial charge in [0.15, 0.2) is 0 Å². The highest BCUT2D eigenvalue weighted by atomic mass is 16.6. The maximum absolute atomic E-state index is 11.9. The molecule has 0 aromatic carbocycles. The molecule has 1 fully saturated rings. The second-order valence-corrected chi connectivity index (χ2v) is 6.01. The van der Waals surface area contributed by atoms with Crippen molar-refractivity contribution < 1.29 is 19.4 Å². The molecule has 5 nitrogen and oxygen atoms in total. The van der Waals surface area contributed by atoms with E-state index in [2.05, 4.69) is 27.4 Å². The number of nitrogens with zero attached hydrogens (tertiary/aromatic N) is 1. The summed E-state index contributed by atoms with van der Waals surface area (Å²) in [6, 6.07) is -0.782. The Hall–Kier alpha value is -1.52. The molecule has 1 aliphatic heterocycles. The van der Waals surface area contributed by atoms with E-state index < -0.39 is 18.1 Å². The number of hydrogen-bond donors (Lipinski definition) is 1. The number of hydrogen-bond acceptors (Lipinski definition) is 3. The minimum atomic E-state index is -0.970. The highest BCUT2D eigenvalue weighted by Crippen LogP contribution is 2.35. The van der Waals surface area contributed by atoms with Crippen molar-refractivity contribution in [1.29, 1.82) is 0 Å². The van der Waals surface area contributed by atoms with E-state index in [4.69, 9.17) is 4.74 Å². The van der Waals surface area contributed by atoms with E-state index in [1.165, 1.54) is 11.0 Å². The van der Waals surface area contributed by atoms with Crippen LogP contribution in [0.1, 0.15) is 33.6 Å². The average Bonchev–Trinajstić information content (AvgIpc) is 2.33. The molecule has 1 heterocycles. The molecule has 0 radical (unpaired) electrons. The van der Waals surface area contributed by atoms with Gasteiger partial charge in [-0.3, -0.25) is 4.90 Å². The van der Waals surface area contributed by atoms with Gasteiger partial charge in [0, 0.05) is 6.54 Å². The molecule has 0 aromatic rings. The van der Waals surface area contributed by atoms with Gasteiger partial charge in [-0.05, 0) is 24.2 Å². The molecule has 1 amide bonds. The zero-order valence-electron chi connectivity index (χ0n) is 11.9. The number of carboxylic acids is 1. The van der Waals surface area contributed by atoms with Crippen LogP contribution in [-0.4, -0.2) is 41.3 Å². The molecule has 1 rings (SSSR count). The number of carbonyl (C=O) groups excluding carboxylic acids is 1. The molecule has 0 bridgehead atoms. The summed E-state index contributed by atoms with van der Waals surface area (Å²) in [5.74, 6) is -0.692. The van der Waals surface area contributed by atoms with Crippen molar-refractivity contribution in [1.82, 2.24) is 4.90 Å². The van der Waals surface area contributed by atoms with Gasteiger partial charge in [-0.25, -0.2) is 9.59 Å². The predicted octanol–water partition coefficient (Wildman–Crippen LogP) is 2.52. The zero-order valence-corrected chi connectivity index (χ0v) is 11.9. The van der Waals surface area contributed by atoms with Crippen LogP contribution in [0.5, 0.6) is 0 Å². The quantitative estimate of drug-likeness (QED) is 0.799. The normalized spacial score (nSPS) is 23.8. The first-order valence-electron chi connectivity index (χ1n) is 6.54. The summed E-state index contributed by atoms with van der Waals surface area (Å²) in [5, 5.41) is 9.20. The highest BCUT2D eigenvalue weighted by Gasteiger charge is 2.40. The number of carbonyl (C=O) groups is 2. The van der Waals surface area contributed by atoms with Gasteiger partial charge in [-0.2, -0.15) is 0 Å². The molecule has 5 heteroatoms. The molecule has 108 valence electrons. The van der Waals surface area contributed by atoms with Crippen molar-refractivity contribution in [3.05, 3.63) is 12.7 Å². The van der Waals surface area contributed by atoms with Crippen molar-refractivity contribution in [2.45, 2.75) is 39.7 Å². The van der Waals surface area contributed by atoms with Gasteiger partial charge in [0.1, 0.15) is 12.6 Å². The van der Waals surface area contributed by atoms with Crippen molar-refractivity contribution >= 4 is 12.1 Å². The van der Waals surface area contributed by atoms with Crippen molar-refractivity contribution in [3.63, 3.8) is 0 Å². The van der Waals surface area contributed by atoms with E-state index in [1.807, 2.05) is 0 Å². The lowest BCUT2D eigenvalue weighted by Gasteiger charge is -2.42. The van der Waals surface area contributed by atoms with E-state index in [1.54, 1.807) is 0 Å². The molecule has 1 N–H and O–H groups in total. The lowest BCUT2D eigenvalue weighted by Crippen LogP contribution is -2.52. The van der Waals surface area contributed by atoms with Crippen LogP contribution in [0.3, 0.4) is 0 Å².